The number of hydrogen-bond donors (Lipinski definition) is 1. The fourth-order valence-electron chi connectivity index (χ4n) is 4.29. The number of imidazole rings is 1. The van der Waals surface area contributed by atoms with Gasteiger partial charge in [0.2, 0.25) is 11.8 Å². The van der Waals surface area contributed by atoms with Crippen molar-refractivity contribution in [3.63, 3.8) is 0 Å². The van der Waals surface area contributed by atoms with Crippen LogP contribution < -0.4 is 5.32 Å². The average Bonchev–Trinajstić information content (AvgIpc) is 3.00. The summed E-state index contributed by atoms with van der Waals surface area (Å²) in [5.41, 5.74) is 2.13. The van der Waals surface area contributed by atoms with E-state index in [9.17, 15) is 9.59 Å². The molecule has 2 amide bonds. The van der Waals surface area contributed by atoms with Crippen LogP contribution in [0.4, 0.5) is 0 Å². The molecule has 2 aromatic rings. The lowest BCUT2D eigenvalue weighted by atomic mass is 9.73. The molecule has 26 heavy (non-hydrogen) atoms. The van der Waals surface area contributed by atoms with E-state index in [1.54, 1.807) is 0 Å². The van der Waals surface area contributed by atoms with Crippen molar-refractivity contribution in [2.24, 2.45) is 5.41 Å². The van der Waals surface area contributed by atoms with Crippen molar-refractivity contribution in [3.05, 3.63) is 36.3 Å². The number of carbonyl (C=O) groups is 2. The number of fused-ring (bicyclic) bond motifs is 1. The van der Waals surface area contributed by atoms with Crippen LogP contribution in [-0.2, 0) is 16.0 Å². The van der Waals surface area contributed by atoms with E-state index in [0.29, 0.717) is 19.3 Å². The minimum atomic E-state index is 0.174. The molecule has 0 atom stereocenters. The predicted molar refractivity (Wildman–Crippen MR) is 98.6 cm³/mol. The van der Waals surface area contributed by atoms with Crippen LogP contribution >= 0.6 is 0 Å². The maximum Gasteiger partial charge on any atom is 0.222 e. The lowest BCUT2D eigenvalue weighted by Crippen LogP contribution is -2.43. The van der Waals surface area contributed by atoms with Crippen molar-refractivity contribution in [1.82, 2.24) is 19.6 Å². The highest BCUT2D eigenvalue weighted by molar-refractivity contribution is 5.77. The monoisotopic (exact) mass is 354 g/mol. The van der Waals surface area contributed by atoms with E-state index in [1.165, 1.54) is 0 Å². The van der Waals surface area contributed by atoms with Gasteiger partial charge in [-0.3, -0.25) is 9.59 Å². The largest absolute Gasteiger partial charge is 0.356 e. The average molecular weight is 354 g/mol. The number of pyridine rings is 1. The zero-order valence-corrected chi connectivity index (χ0v) is 15.1. The quantitative estimate of drug-likeness (QED) is 0.919. The SMILES string of the molecule is O=C1CCC2(CCN1)CCN(C(=O)CCc1cn3ccccc3n1)CC2. The number of likely N-dealkylation sites (tertiary alicyclic amines) is 1. The highest BCUT2D eigenvalue weighted by atomic mass is 16.2. The van der Waals surface area contributed by atoms with Crippen molar-refractivity contribution in [1.29, 1.82) is 0 Å². The zero-order chi connectivity index (χ0) is 18.0. The van der Waals surface area contributed by atoms with Crippen molar-refractivity contribution >= 4 is 17.5 Å². The molecule has 138 valence electrons. The van der Waals surface area contributed by atoms with Crippen LogP contribution in [0.5, 0.6) is 0 Å². The smallest absolute Gasteiger partial charge is 0.222 e. The van der Waals surface area contributed by atoms with E-state index >= 15 is 0 Å². The zero-order valence-electron chi connectivity index (χ0n) is 15.1. The summed E-state index contributed by atoms with van der Waals surface area (Å²) in [6, 6.07) is 5.92. The molecule has 1 spiro atoms. The van der Waals surface area contributed by atoms with Gasteiger partial charge in [0.25, 0.3) is 0 Å². The first-order chi connectivity index (χ1) is 12.6. The lowest BCUT2D eigenvalue weighted by Gasteiger charge is -2.41. The number of nitrogens with zero attached hydrogens (tertiary/aromatic N) is 3. The lowest BCUT2D eigenvalue weighted by molar-refractivity contribution is -0.133. The number of nitrogens with one attached hydrogen (secondary N) is 1. The highest BCUT2D eigenvalue weighted by Gasteiger charge is 2.37. The van der Waals surface area contributed by atoms with E-state index in [4.69, 9.17) is 0 Å². The predicted octanol–water partition coefficient (Wildman–Crippen LogP) is 2.18. The molecule has 0 aromatic carbocycles. The van der Waals surface area contributed by atoms with Gasteiger partial charge in [-0.25, -0.2) is 4.98 Å². The number of carbonyl (C=O) groups excluding carboxylic acids is 2. The van der Waals surface area contributed by atoms with Gasteiger partial charge in [0, 0.05) is 44.9 Å². The number of hydrogen-bond acceptors (Lipinski definition) is 3. The topological polar surface area (TPSA) is 66.7 Å². The Kier molecular flexibility index (Phi) is 4.66. The Morgan fingerprint density at radius 2 is 2.04 bits per heavy atom. The third kappa shape index (κ3) is 3.59. The summed E-state index contributed by atoms with van der Waals surface area (Å²) in [5.74, 6) is 0.396. The minimum Gasteiger partial charge on any atom is -0.356 e. The molecule has 6 nitrogen and oxygen atoms in total. The number of aromatic nitrogens is 2. The van der Waals surface area contributed by atoms with Crippen LogP contribution in [0.3, 0.4) is 0 Å². The van der Waals surface area contributed by atoms with Gasteiger partial charge >= 0.3 is 0 Å². The van der Waals surface area contributed by atoms with Gasteiger partial charge in [-0.1, -0.05) is 6.07 Å². The number of amides is 2. The van der Waals surface area contributed by atoms with Crippen LogP contribution in [0.2, 0.25) is 0 Å². The highest BCUT2D eigenvalue weighted by Crippen LogP contribution is 2.40. The first-order valence-electron chi connectivity index (χ1n) is 9.61. The fraction of sp³-hybridized carbons (Fsp3) is 0.550. The number of piperidine rings is 1. The maximum absolute atomic E-state index is 12.6. The molecule has 2 fully saturated rings. The molecule has 0 unspecified atom stereocenters. The van der Waals surface area contributed by atoms with E-state index < -0.39 is 0 Å². The van der Waals surface area contributed by atoms with Crippen molar-refractivity contribution in [2.75, 3.05) is 19.6 Å². The van der Waals surface area contributed by atoms with Crippen molar-refractivity contribution < 1.29 is 9.59 Å². The number of aryl methyl sites for hydroxylation is 1. The summed E-state index contributed by atoms with van der Waals surface area (Å²) in [7, 11) is 0. The van der Waals surface area contributed by atoms with E-state index in [0.717, 1.165) is 56.7 Å². The van der Waals surface area contributed by atoms with Crippen LogP contribution in [0.15, 0.2) is 30.6 Å². The molecule has 2 aromatic heterocycles. The molecule has 1 N–H and O–H groups in total. The Hall–Kier alpha value is -2.37. The van der Waals surface area contributed by atoms with Gasteiger partial charge < -0.3 is 14.6 Å². The Bertz CT molecular complexity index is 772. The molecule has 0 radical (unpaired) electrons. The summed E-state index contributed by atoms with van der Waals surface area (Å²) in [4.78, 5) is 30.8. The normalized spacial score (nSPS) is 20.2. The molecule has 4 heterocycles. The van der Waals surface area contributed by atoms with Crippen LogP contribution in [0.1, 0.15) is 44.2 Å². The molecular weight excluding hydrogens is 328 g/mol. The minimum absolute atomic E-state index is 0.174. The Balaban J connectivity index is 1.30. The Morgan fingerprint density at radius 1 is 1.19 bits per heavy atom. The maximum atomic E-state index is 12.6. The summed E-state index contributed by atoms with van der Waals surface area (Å²) in [6.07, 6.45) is 9.83. The summed E-state index contributed by atoms with van der Waals surface area (Å²) in [5, 5.41) is 2.97. The van der Waals surface area contributed by atoms with Crippen LogP contribution in [0.25, 0.3) is 5.65 Å². The molecule has 0 bridgehead atoms. The second-order valence-electron chi connectivity index (χ2n) is 7.68. The molecule has 0 aliphatic carbocycles. The first kappa shape index (κ1) is 17.1. The van der Waals surface area contributed by atoms with Gasteiger partial charge in [-0.15, -0.1) is 0 Å². The van der Waals surface area contributed by atoms with Gasteiger partial charge in [0.05, 0.1) is 5.69 Å². The Morgan fingerprint density at radius 3 is 2.85 bits per heavy atom. The first-order valence-corrected chi connectivity index (χ1v) is 9.61. The molecule has 2 aliphatic rings. The van der Waals surface area contributed by atoms with E-state index in [-0.39, 0.29) is 17.2 Å². The van der Waals surface area contributed by atoms with Gasteiger partial charge in [0.15, 0.2) is 0 Å². The third-order valence-electron chi connectivity index (χ3n) is 6.05. The molecule has 4 rings (SSSR count). The summed E-state index contributed by atoms with van der Waals surface area (Å²) >= 11 is 0. The molecule has 0 saturated carbocycles. The van der Waals surface area contributed by atoms with Gasteiger partial charge in [-0.05, 0) is 49.7 Å². The summed E-state index contributed by atoms with van der Waals surface area (Å²) in [6.45, 7) is 2.41. The standard InChI is InChI=1S/C20H26N4O2/c25-18-6-7-20(8-11-21-18)9-13-23(14-10-20)19(26)5-4-16-15-24-12-2-1-3-17(24)22-16/h1-3,12,15H,4-11,13-14H2,(H,21,25). The van der Waals surface area contributed by atoms with E-state index in [1.807, 2.05) is 39.9 Å². The Labute approximate surface area is 153 Å². The second-order valence-corrected chi connectivity index (χ2v) is 7.68. The number of rotatable bonds is 3. The third-order valence-corrected chi connectivity index (χ3v) is 6.05. The summed E-state index contributed by atoms with van der Waals surface area (Å²) < 4.78 is 1.99. The van der Waals surface area contributed by atoms with Gasteiger partial charge in [-0.2, -0.15) is 0 Å². The van der Waals surface area contributed by atoms with Crippen molar-refractivity contribution in [3.8, 4) is 0 Å². The fourth-order valence-corrected chi connectivity index (χ4v) is 4.29. The van der Waals surface area contributed by atoms with Crippen molar-refractivity contribution in [2.45, 2.75) is 44.9 Å². The van der Waals surface area contributed by atoms with E-state index in [2.05, 4.69) is 10.3 Å². The van der Waals surface area contributed by atoms with Crippen LogP contribution in [-0.4, -0.2) is 45.7 Å². The molecular formula is C20H26N4O2. The van der Waals surface area contributed by atoms with Gasteiger partial charge in [0.1, 0.15) is 5.65 Å². The molecule has 2 saturated heterocycles. The molecule has 6 heteroatoms. The molecule has 2 aliphatic heterocycles. The second kappa shape index (κ2) is 7.09. The van der Waals surface area contributed by atoms with Crippen LogP contribution in [0, 0.1) is 5.41 Å².